The molecule has 0 spiro atoms. The highest BCUT2D eigenvalue weighted by atomic mass is 32.2. The maximum Gasteiger partial charge on any atom is 0.240 e. The molecule has 1 fully saturated rings. The molecular formula is C19H25N3O3S. The van der Waals surface area contributed by atoms with E-state index in [4.69, 9.17) is 5.73 Å². The normalized spacial score (nSPS) is 16.7. The molecule has 0 atom stereocenters. The second-order valence-electron chi connectivity index (χ2n) is 6.90. The number of nitrogens with one attached hydrogen (secondary N) is 2. The van der Waals surface area contributed by atoms with Crippen molar-refractivity contribution in [3.8, 4) is 0 Å². The molecule has 2 aromatic rings. The summed E-state index contributed by atoms with van der Waals surface area (Å²) in [5.74, 6) is -0.168. The molecule has 2 aromatic carbocycles. The maximum atomic E-state index is 12.5. The zero-order chi connectivity index (χ0) is 18.6. The van der Waals surface area contributed by atoms with Gasteiger partial charge in [0.15, 0.2) is 0 Å². The van der Waals surface area contributed by atoms with Gasteiger partial charge in [-0.25, -0.2) is 13.1 Å². The van der Waals surface area contributed by atoms with E-state index in [1.807, 2.05) is 24.3 Å². The van der Waals surface area contributed by atoms with Crippen LogP contribution in [0.2, 0.25) is 0 Å². The Morgan fingerprint density at radius 1 is 1.08 bits per heavy atom. The Hall–Kier alpha value is -1.96. The van der Waals surface area contributed by atoms with Gasteiger partial charge in [-0.15, -0.1) is 0 Å². The Labute approximate surface area is 154 Å². The van der Waals surface area contributed by atoms with Gasteiger partial charge in [-0.2, -0.15) is 0 Å². The van der Waals surface area contributed by atoms with Crippen molar-refractivity contribution in [1.29, 1.82) is 0 Å². The molecule has 140 valence electrons. The fourth-order valence-corrected chi connectivity index (χ4v) is 4.57. The molecule has 3 rings (SSSR count). The Bertz CT molecular complexity index is 890. The third kappa shape index (κ3) is 4.23. The van der Waals surface area contributed by atoms with Crippen LogP contribution in [0.25, 0.3) is 10.8 Å². The van der Waals surface area contributed by atoms with Crippen molar-refractivity contribution in [2.24, 2.45) is 5.73 Å². The van der Waals surface area contributed by atoms with E-state index in [9.17, 15) is 13.2 Å². The van der Waals surface area contributed by atoms with Gasteiger partial charge >= 0.3 is 0 Å². The first-order chi connectivity index (χ1) is 12.4. The van der Waals surface area contributed by atoms with Gasteiger partial charge in [0, 0.05) is 19.5 Å². The van der Waals surface area contributed by atoms with Gasteiger partial charge in [0.05, 0.1) is 10.4 Å². The van der Waals surface area contributed by atoms with Crippen LogP contribution < -0.4 is 15.8 Å². The number of fused-ring (bicyclic) bond motifs is 1. The number of benzene rings is 2. The van der Waals surface area contributed by atoms with E-state index in [-0.39, 0.29) is 29.3 Å². The third-order valence-electron chi connectivity index (χ3n) is 5.03. The molecular weight excluding hydrogens is 350 g/mol. The summed E-state index contributed by atoms with van der Waals surface area (Å²) in [5, 5.41) is 4.83. The van der Waals surface area contributed by atoms with Crippen molar-refractivity contribution in [2.45, 2.75) is 42.5 Å². The first kappa shape index (κ1) is 18.8. The average Bonchev–Trinajstić information content (AvgIpc) is 3.10. The Balaban J connectivity index is 1.58. The monoisotopic (exact) mass is 375 g/mol. The van der Waals surface area contributed by atoms with E-state index < -0.39 is 10.0 Å². The topological polar surface area (TPSA) is 101 Å². The van der Waals surface area contributed by atoms with Gasteiger partial charge in [0.2, 0.25) is 15.9 Å². The summed E-state index contributed by atoms with van der Waals surface area (Å²) in [6, 6.07) is 12.6. The lowest BCUT2D eigenvalue weighted by atomic mass is 9.97. The first-order valence-electron chi connectivity index (χ1n) is 8.94. The summed E-state index contributed by atoms with van der Waals surface area (Å²) >= 11 is 0. The number of hydrogen-bond acceptors (Lipinski definition) is 4. The van der Waals surface area contributed by atoms with Crippen LogP contribution in [0.15, 0.2) is 47.4 Å². The fraction of sp³-hybridized carbons (Fsp3) is 0.421. The van der Waals surface area contributed by atoms with Gasteiger partial charge in [0.25, 0.3) is 0 Å². The molecule has 4 N–H and O–H groups in total. The molecule has 1 aliphatic carbocycles. The van der Waals surface area contributed by atoms with Crippen molar-refractivity contribution in [3.05, 3.63) is 42.5 Å². The van der Waals surface area contributed by atoms with Crippen LogP contribution in [-0.2, 0) is 14.8 Å². The summed E-state index contributed by atoms with van der Waals surface area (Å²) in [6.45, 7) is 0.475. The number of amides is 1. The molecule has 7 heteroatoms. The smallest absolute Gasteiger partial charge is 0.240 e. The van der Waals surface area contributed by atoms with Crippen LogP contribution >= 0.6 is 0 Å². The van der Waals surface area contributed by atoms with Gasteiger partial charge in [0.1, 0.15) is 0 Å². The van der Waals surface area contributed by atoms with Crippen LogP contribution in [0.3, 0.4) is 0 Å². The molecule has 0 radical (unpaired) electrons. The van der Waals surface area contributed by atoms with E-state index >= 15 is 0 Å². The number of rotatable bonds is 7. The molecule has 0 aliphatic heterocycles. The molecule has 26 heavy (non-hydrogen) atoms. The maximum absolute atomic E-state index is 12.5. The molecule has 0 unspecified atom stereocenters. The lowest BCUT2D eigenvalue weighted by Crippen LogP contribution is -2.52. The second kappa shape index (κ2) is 7.73. The van der Waals surface area contributed by atoms with Gasteiger partial charge in [-0.1, -0.05) is 43.2 Å². The second-order valence-corrected chi connectivity index (χ2v) is 8.66. The van der Waals surface area contributed by atoms with E-state index in [0.29, 0.717) is 6.54 Å². The minimum atomic E-state index is -3.65. The number of carbonyl (C=O) groups excluding carboxylic acids is 1. The fourth-order valence-electron chi connectivity index (χ4n) is 3.51. The van der Waals surface area contributed by atoms with Crippen molar-refractivity contribution in [2.75, 3.05) is 13.1 Å². The van der Waals surface area contributed by atoms with E-state index in [0.717, 1.165) is 36.5 Å². The minimum Gasteiger partial charge on any atom is -0.349 e. The van der Waals surface area contributed by atoms with E-state index in [1.165, 1.54) is 0 Å². The number of hydrogen-bond donors (Lipinski definition) is 3. The quantitative estimate of drug-likeness (QED) is 0.688. The standard InChI is InChI=1S/C19H25N3O3S/c20-14-19(10-3-4-11-19)22-18(23)9-12-21-26(24,25)17-8-7-15-5-1-2-6-16(15)13-17/h1-2,5-8,13,21H,3-4,9-12,14,20H2,(H,22,23). The lowest BCUT2D eigenvalue weighted by molar-refractivity contribution is -0.122. The Morgan fingerprint density at radius 2 is 1.77 bits per heavy atom. The molecule has 1 aliphatic rings. The minimum absolute atomic E-state index is 0.0572. The highest BCUT2D eigenvalue weighted by Gasteiger charge is 2.33. The SMILES string of the molecule is NCC1(NC(=O)CCNS(=O)(=O)c2ccc3ccccc3c2)CCCC1. The van der Waals surface area contributed by atoms with Crippen molar-refractivity contribution in [3.63, 3.8) is 0 Å². The average molecular weight is 375 g/mol. The van der Waals surface area contributed by atoms with Gasteiger partial charge < -0.3 is 11.1 Å². The molecule has 0 aromatic heterocycles. The Kier molecular flexibility index (Phi) is 5.60. The van der Waals surface area contributed by atoms with Crippen LogP contribution in [0.1, 0.15) is 32.1 Å². The summed E-state index contributed by atoms with van der Waals surface area (Å²) in [6.07, 6.45) is 3.99. The predicted octanol–water partition coefficient (Wildman–Crippen LogP) is 1.90. The number of sulfonamides is 1. The van der Waals surface area contributed by atoms with Crippen LogP contribution in [0.4, 0.5) is 0 Å². The van der Waals surface area contributed by atoms with Crippen LogP contribution in [-0.4, -0.2) is 33.0 Å². The zero-order valence-corrected chi connectivity index (χ0v) is 15.5. The molecule has 0 heterocycles. The van der Waals surface area contributed by atoms with Crippen molar-refractivity contribution in [1.82, 2.24) is 10.0 Å². The summed E-state index contributed by atoms with van der Waals surface area (Å²) < 4.78 is 27.4. The molecule has 6 nitrogen and oxygen atoms in total. The predicted molar refractivity (Wildman–Crippen MR) is 102 cm³/mol. The highest BCUT2D eigenvalue weighted by Crippen LogP contribution is 2.28. The van der Waals surface area contributed by atoms with Crippen LogP contribution in [0.5, 0.6) is 0 Å². The molecule has 1 saturated carbocycles. The number of carbonyl (C=O) groups is 1. The molecule has 0 saturated heterocycles. The van der Waals surface area contributed by atoms with Crippen molar-refractivity contribution >= 4 is 26.7 Å². The van der Waals surface area contributed by atoms with E-state index in [2.05, 4.69) is 10.0 Å². The molecule has 1 amide bonds. The Morgan fingerprint density at radius 3 is 2.46 bits per heavy atom. The summed E-state index contributed by atoms with van der Waals surface area (Å²) in [4.78, 5) is 12.4. The van der Waals surface area contributed by atoms with Gasteiger partial charge in [-0.3, -0.25) is 4.79 Å². The van der Waals surface area contributed by atoms with Crippen molar-refractivity contribution < 1.29 is 13.2 Å². The summed E-state index contributed by atoms with van der Waals surface area (Å²) in [7, 11) is -3.65. The summed E-state index contributed by atoms with van der Waals surface area (Å²) in [5.41, 5.74) is 5.50. The first-order valence-corrected chi connectivity index (χ1v) is 10.4. The van der Waals surface area contributed by atoms with E-state index in [1.54, 1.807) is 18.2 Å². The number of nitrogens with two attached hydrogens (primary N) is 1. The third-order valence-corrected chi connectivity index (χ3v) is 6.49. The van der Waals surface area contributed by atoms with Gasteiger partial charge in [-0.05, 0) is 35.7 Å². The zero-order valence-electron chi connectivity index (χ0n) is 14.7. The largest absolute Gasteiger partial charge is 0.349 e. The molecule has 0 bridgehead atoms. The highest BCUT2D eigenvalue weighted by molar-refractivity contribution is 7.89. The van der Waals surface area contributed by atoms with Crippen LogP contribution in [0, 0.1) is 0 Å². The lowest BCUT2D eigenvalue weighted by Gasteiger charge is -2.28.